The fourth-order valence-corrected chi connectivity index (χ4v) is 4.51. The van der Waals surface area contributed by atoms with Gasteiger partial charge in [-0.05, 0) is 67.9 Å². The maximum absolute atomic E-state index is 9.49. The van der Waals surface area contributed by atoms with E-state index in [1.165, 1.54) is 0 Å². The standard InChI is InChI=1S/C23H21N3O2S/c1-4-28-19-11-7-17(8-12-19)22-15(2)29-23-25-21(20(13-14-24)26(22)23)16-5-9-18(27-3)10-6-16/h5-12H,4,13H2,1-3H3. The van der Waals surface area contributed by atoms with E-state index in [2.05, 4.69) is 29.5 Å². The Kier molecular flexibility index (Phi) is 5.24. The molecule has 4 rings (SSSR count). The van der Waals surface area contributed by atoms with Crippen molar-refractivity contribution < 1.29 is 9.47 Å². The molecule has 0 aliphatic carbocycles. The highest BCUT2D eigenvalue weighted by Gasteiger charge is 2.21. The largest absolute Gasteiger partial charge is 0.497 e. The van der Waals surface area contributed by atoms with E-state index in [9.17, 15) is 5.26 Å². The number of aryl methyl sites for hydroxylation is 1. The lowest BCUT2D eigenvalue weighted by molar-refractivity contribution is 0.340. The van der Waals surface area contributed by atoms with E-state index in [-0.39, 0.29) is 6.42 Å². The number of ether oxygens (including phenoxy) is 2. The fraction of sp³-hybridized carbons (Fsp3) is 0.217. The normalized spacial score (nSPS) is 10.8. The van der Waals surface area contributed by atoms with Crippen LogP contribution in [0.1, 0.15) is 17.5 Å². The zero-order valence-corrected chi connectivity index (χ0v) is 17.4. The quantitative estimate of drug-likeness (QED) is 0.426. The molecule has 0 bridgehead atoms. The van der Waals surface area contributed by atoms with Gasteiger partial charge < -0.3 is 9.47 Å². The lowest BCUT2D eigenvalue weighted by atomic mass is 10.1. The molecule has 146 valence electrons. The molecule has 0 radical (unpaired) electrons. The fourth-order valence-electron chi connectivity index (χ4n) is 3.50. The van der Waals surface area contributed by atoms with Gasteiger partial charge in [0.1, 0.15) is 11.5 Å². The van der Waals surface area contributed by atoms with Crippen LogP contribution in [0.3, 0.4) is 0 Å². The molecule has 0 spiro atoms. The lowest BCUT2D eigenvalue weighted by Gasteiger charge is -2.08. The van der Waals surface area contributed by atoms with Gasteiger partial charge in [-0.3, -0.25) is 4.40 Å². The predicted molar refractivity (Wildman–Crippen MR) is 116 cm³/mol. The summed E-state index contributed by atoms with van der Waals surface area (Å²) in [6.45, 7) is 4.70. The molecule has 6 heteroatoms. The van der Waals surface area contributed by atoms with Crippen LogP contribution in [0.2, 0.25) is 0 Å². The van der Waals surface area contributed by atoms with E-state index in [0.717, 1.165) is 49.5 Å². The zero-order chi connectivity index (χ0) is 20.4. The molecule has 29 heavy (non-hydrogen) atoms. The molecule has 4 aromatic rings. The summed E-state index contributed by atoms with van der Waals surface area (Å²) >= 11 is 1.64. The second kappa shape index (κ2) is 7.98. The number of aromatic nitrogens is 2. The van der Waals surface area contributed by atoms with Crippen molar-refractivity contribution in [1.82, 2.24) is 9.38 Å². The molecule has 0 fully saturated rings. The van der Waals surface area contributed by atoms with Gasteiger partial charge in [-0.1, -0.05) is 0 Å². The van der Waals surface area contributed by atoms with Crippen molar-refractivity contribution in [3.8, 4) is 40.1 Å². The monoisotopic (exact) mass is 403 g/mol. The summed E-state index contributed by atoms with van der Waals surface area (Å²) < 4.78 is 13.0. The van der Waals surface area contributed by atoms with Gasteiger partial charge in [0.2, 0.25) is 0 Å². The van der Waals surface area contributed by atoms with Gasteiger partial charge in [-0.15, -0.1) is 11.3 Å². The number of imidazole rings is 1. The number of thiazole rings is 1. The molecular weight excluding hydrogens is 382 g/mol. The van der Waals surface area contributed by atoms with E-state index in [4.69, 9.17) is 14.5 Å². The van der Waals surface area contributed by atoms with E-state index in [1.54, 1.807) is 18.4 Å². The third kappa shape index (κ3) is 3.45. The molecule has 0 aliphatic rings. The minimum absolute atomic E-state index is 0.280. The molecule has 2 aromatic heterocycles. The minimum atomic E-state index is 0.280. The Balaban J connectivity index is 1.88. The van der Waals surface area contributed by atoms with Gasteiger partial charge >= 0.3 is 0 Å². The Morgan fingerprint density at radius 1 is 1.03 bits per heavy atom. The second-order valence-electron chi connectivity index (χ2n) is 6.55. The zero-order valence-electron chi connectivity index (χ0n) is 16.6. The topological polar surface area (TPSA) is 59.5 Å². The first kappa shape index (κ1) is 19.0. The van der Waals surface area contributed by atoms with Gasteiger partial charge in [0.05, 0.1) is 43.3 Å². The van der Waals surface area contributed by atoms with Crippen LogP contribution in [0.15, 0.2) is 48.5 Å². The van der Waals surface area contributed by atoms with Crippen LogP contribution in [0, 0.1) is 18.3 Å². The van der Waals surface area contributed by atoms with Crippen molar-refractivity contribution >= 4 is 16.3 Å². The maximum Gasteiger partial charge on any atom is 0.195 e. The van der Waals surface area contributed by atoms with Gasteiger partial charge in [-0.25, -0.2) is 4.98 Å². The Morgan fingerprint density at radius 2 is 1.69 bits per heavy atom. The molecule has 2 heterocycles. The highest BCUT2D eigenvalue weighted by atomic mass is 32.1. The molecule has 2 aromatic carbocycles. The van der Waals surface area contributed by atoms with E-state index in [0.29, 0.717) is 6.61 Å². The van der Waals surface area contributed by atoms with Crippen molar-refractivity contribution in [3.05, 3.63) is 59.1 Å². The second-order valence-corrected chi connectivity index (χ2v) is 7.73. The summed E-state index contributed by atoms with van der Waals surface area (Å²) in [7, 11) is 1.65. The Hall–Kier alpha value is -3.30. The summed E-state index contributed by atoms with van der Waals surface area (Å²) in [5.41, 5.74) is 4.87. The van der Waals surface area contributed by atoms with Crippen molar-refractivity contribution in [2.45, 2.75) is 20.3 Å². The van der Waals surface area contributed by atoms with Crippen LogP contribution < -0.4 is 9.47 Å². The summed E-state index contributed by atoms with van der Waals surface area (Å²) in [4.78, 5) is 6.93. The van der Waals surface area contributed by atoms with Crippen molar-refractivity contribution in [3.63, 3.8) is 0 Å². The first-order valence-corrected chi connectivity index (χ1v) is 10.2. The van der Waals surface area contributed by atoms with Gasteiger partial charge in [0, 0.05) is 10.4 Å². The molecule has 0 saturated carbocycles. The summed E-state index contributed by atoms with van der Waals surface area (Å²) in [6.07, 6.45) is 0.280. The molecular formula is C23H21N3O2S. The third-order valence-corrected chi connectivity index (χ3v) is 5.75. The number of nitrogens with zero attached hydrogens (tertiary/aromatic N) is 3. The lowest BCUT2D eigenvalue weighted by Crippen LogP contribution is -1.97. The Bertz CT molecular complexity index is 1180. The summed E-state index contributed by atoms with van der Waals surface area (Å²) in [5.74, 6) is 1.64. The van der Waals surface area contributed by atoms with Crippen LogP contribution in [-0.2, 0) is 6.42 Å². The smallest absolute Gasteiger partial charge is 0.195 e. The number of fused-ring (bicyclic) bond motifs is 1. The van der Waals surface area contributed by atoms with Crippen LogP contribution >= 0.6 is 11.3 Å². The van der Waals surface area contributed by atoms with Gasteiger partial charge in [0.15, 0.2) is 4.96 Å². The van der Waals surface area contributed by atoms with E-state index in [1.807, 2.05) is 43.3 Å². The van der Waals surface area contributed by atoms with E-state index < -0.39 is 0 Å². The molecule has 0 aliphatic heterocycles. The first-order chi connectivity index (χ1) is 14.2. The SMILES string of the molecule is CCOc1ccc(-c2c(C)sc3nc(-c4ccc(OC)cc4)c(CC#N)n23)cc1. The molecule has 0 N–H and O–H groups in total. The average molecular weight is 404 g/mol. The summed E-state index contributed by atoms with van der Waals surface area (Å²) in [6, 6.07) is 18.2. The summed E-state index contributed by atoms with van der Waals surface area (Å²) in [5, 5.41) is 9.49. The predicted octanol–water partition coefficient (Wildman–Crippen LogP) is 5.51. The number of benzene rings is 2. The number of hydrogen-bond acceptors (Lipinski definition) is 5. The van der Waals surface area contributed by atoms with Crippen molar-refractivity contribution in [2.75, 3.05) is 13.7 Å². The number of methoxy groups -OCH3 is 1. The number of nitriles is 1. The molecule has 5 nitrogen and oxygen atoms in total. The van der Waals surface area contributed by atoms with Crippen LogP contribution in [0.4, 0.5) is 0 Å². The van der Waals surface area contributed by atoms with Crippen molar-refractivity contribution in [2.24, 2.45) is 0 Å². The average Bonchev–Trinajstić information content (AvgIpc) is 3.24. The molecule has 0 unspecified atom stereocenters. The van der Waals surface area contributed by atoms with Crippen LogP contribution in [-0.4, -0.2) is 23.1 Å². The Labute approximate surface area is 173 Å². The minimum Gasteiger partial charge on any atom is -0.497 e. The maximum atomic E-state index is 9.49. The Morgan fingerprint density at radius 3 is 2.31 bits per heavy atom. The third-order valence-electron chi connectivity index (χ3n) is 4.79. The number of hydrogen-bond donors (Lipinski definition) is 0. The van der Waals surface area contributed by atoms with Gasteiger partial charge in [0.25, 0.3) is 0 Å². The van der Waals surface area contributed by atoms with Crippen molar-refractivity contribution in [1.29, 1.82) is 5.26 Å². The molecule has 0 amide bonds. The molecule has 0 saturated heterocycles. The highest BCUT2D eigenvalue weighted by Crippen LogP contribution is 2.37. The van der Waals surface area contributed by atoms with Crippen LogP contribution in [0.5, 0.6) is 11.5 Å². The molecule has 0 atom stereocenters. The first-order valence-electron chi connectivity index (χ1n) is 9.41. The van der Waals surface area contributed by atoms with Gasteiger partial charge in [-0.2, -0.15) is 5.26 Å². The van der Waals surface area contributed by atoms with E-state index >= 15 is 0 Å². The highest BCUT2D eigenvalue weighted by molar-refractivity contribution is 7.17. The number of rotatable bonds is 6. The van der Waals surface area contributed by atoms with Crippen LogP contribution in [0.25, 0.3) is 27.5 Å².